The molecule has 0 unspecified atom stereocenters. The van der Waals surface area contributed by atoms with E-state index < -0.39 is 5.91 Å². The van der Waals surface area contributed by atoms with Crippen molar-refractivity contribution in [2.75, 3.05) is 32.1 Å². The summed E-state index contributed by atoms with van der Waals surface area (Å²) >= 11 is 0. The van der Waals surface area contributed by atoms with Crippen LogP contribution < -0.4 is 20.7 Å². The van der Waals surface area contributed by atoms with Gasteiger partial charge in [0.05, 0.1) is 17.8 Å². The van der Waals surface area contributed by atoms with Gasteiger partial charge >= 0.3 is 6.03 Å². The van der Waals surface area contributed by atoms with Gasteiger partial charge in [0.2, 0.25) is 0 Å². The van der Waals surface area contributed by atoms with E-state index in [1.807, 2.05) is 24.3 Å². The van der Waals surface area contributed by atoms with Crippen LogP contribution in [0.5, 0.6) is 5.75 Å². The lowest BCUT2D eigenvalue weighted by atomic mass is 9.69. The van der Waals surface area contributed by atoms with E-state index in [4.69, 9.17) is 10.5 Å². The third-order valence-electron chi connectivity index (χ3n) is 6.81. The Morgan fingerprint density at radius 2 is 1.71 bits per heavy atom. The van der Waals surface area contributed by atoms with E-state index in [9.17, 15) is 9.59 Å². The van der Waals surface area contributed by atoms with Crippen molar-refractivity contribution < 1.29 is 14.3 Å². The van der Waals surface area contributed by atoms with Crippen molar-refractivity contribution in [3.63, 3.8) is 0 Å². The average Bonchev–Trinajstić information content (AvgIpc) is 3.09. The van der Waals surface area contributed by atoms with Gasteiger partial charge in [-0.3, -0.25) is 14.6 Å². The summed E-state index contributed by atoms with van der Waals surface area (Å²) in [5.74, 6) is -0.0680. The summed E-state index contributed by atoms with van der Waals surface area (Å²) < 4.78 is 5.55. The van der Waals surface area contributed by atoms with Crippen molar-refractivity contribution in [1.82, 2.24) is 10.2 Å². The van der Waals surface area contributed by atoms with Crippen molar-refractivity contribution >= 4 is 17.6 Å². The van der Waals surface area contributed by atoms with Crippen LogP contribution in [0, 0.1) is 0 Å². The van der Waals surface area contributed by atoms with Crippen LogP contribution in [0.3, 0.4) is 0 Å². The van der Waals surface area contributed by atoms with Gasteiger partial charge in [0.25, 0.3) is 5.91 Å². The zero-order valence-electron chi connectivity index (χ0n) is 18.1. The molecule has 7 nitrogen and oxygen atoms in total. The molecule has 0 radical (unpaired) electrons. The van der Waals surface area contributed by atoms with Crippen LogP contribution >= 0.6 is 0 Å². The summed E-state index contributed by atoms with van der Waals surface area (Å²) in [7, 11) is 4.27. The van der Waals surface area contributed by atoms with Gasteiger partial charge in [-0.2, -0.15) is 0 Å². The molecular formula is C24H30N4O3. The standard InChI is InChI=1S/C24H30N4O3/c1-27(2)24(18-8-4-3-5-9-18)14-12-23(13-15-24)17-28(22(30)26-23)19-10-6-7-11-20(19)31-16-21(25)29/h3-11H,12-17H2,1-2H3,(H2,25,29)(H,26,30)/t23-,24+. The highest BCUT2D eigenvalue weighted by molar-refractivity contribution is 5.96. The molecule has 1 heterocycles. The predicted octanol–water partition coefficient (Wildman–Crippen LogP) is 2.85. The fraction of sp³-hybridized carbons (Fsp3) is 0.417. The topological polar surface area (TPSA) is 87.9 Å². The summed E-state index contributed by atoms with van der Waals surface area (Å²) in [5, 5.41) is 3.26. The van der Waals surface area contributed by atoms with Crippen molar-refractivity contribution in [2.45, 2.75) is 36.8 Å². The third-order valence-corrected chi connectivity index (χ3v) is 6.81. The zero-order valence-corrected chi connectivity index (χ0v) is 18.1. The Morgan fingerprint density at radius 3 is 2.35 bits per heavy atom. The number of rotatable bonds is 6. The molecule has 3 amide bonds. The normalized spacial score (nSPS) is 25.6. The molecule has 1 aliphatic carbocycles. The lowest BCUT2D eigenvalue weighted by molar-refractivity contribution is -0.119. The van der Waals surface area contributed by atoms with Gasteiger partial charge in [-0.05, 0) is 57.5 Å². The minimum absolute atomic E-state index is 0.0346. The number of para-hydroxylation sites is 2. The van der Waals surface area contributed by atoms with Crippen LogP contribution in [0.1, 0.15) is 31.2 Å². The lowest BCUT2D eigenvalue weighted by Crippen LogP contribution is -2.54. The molecule has 31 heavy (non-hydrogen) atoms. The molecule has 1 spiro atoms. The summed E-state index contributed by atoms with van der Waals surface area (Å²) in [6, 6.07) is 17.8. The monoisotopic (exact) mass is 422 g/mol. The number of hydrogen-bond donors (Lipinski definition) is 2. The Balaban J connectivity index is 1.54. The fourth-order valence-corrected chi connectivity index (χ4v) is 5.02. The predicted molar refractivity (Wildman–Crippen MR) is 120 cm³/mol. The molecule has 2 fully saturated rings. The number of anilines is 1. The van der Waals surface area contributed by atoms with E-state index >= 15 is 0 Å². The van der Waals surface area contributed by atoms with Crippen molar-refractivity contribution in [2.24, 2.45) is 5.73 Å². The van der Waals surface area contributed by atoms with Crippen LogP contribution in [0.4, 0.5) is 10.5 Å². The molecule has 1 aliphatic heterocycles. The second-order valence-electron chi connectivity index (χ2n) is 8.81. The Hall–Kier alpha value is -3.06. The molecule has 7 heteroatoms. The van der Waals surface area contributed by atoms with Crippen LogP contribution in [0.25, 0.3) is 0 Å². The second kappa shape index (κ2) is 8.23. The van der Waals surface area contributed by atoms with Gasteiger partial charge in [0.1, 0.15) is 5.75 Å². The highest BCUT2D eigenvalue weighted by Crippen LogP contribution is 2.46. The van der Waals surface area contributed by atoms with Crippen LogP contribution in [0.15, 0.2) is 54.6 Å². The SMILES string of the molecule is CN(C)[C@]1(c2ccccc2)CC[C@]2(CC1)CN(c1ccccc1OCC(N)=O)C(=O)N2. The number of benzene rings is 2. The van der Waals surface area contributed by atoms with Crippen molar-refractivity contribution in [3.8, 4) is 5.75 Å². The number of nitrogens with zero attached hydrogens (tertiary/aromatic N) is 2. The molecule has 1 saturated carbocycles. The number of nitrogens with two attached hydrogens (primary N) is 1. The molecule has 164 valence electrons. The highest BCUT2D eigenvalue weighted by atomic mass is 16.5. The molecular weight excluding hydrogens is 392 g/mol. The van der Waals surface area contributed by atoms with E-state index in [0.29, 0.717) is 18.0 Å². The summed E-state index contributed by atoms with van der Waals surface area (Å²) in [6.45, 7) is 0.348. The Bertz CT molecular complexity index is 952. The second-order valence-corrected chi connectivity index (χ2v) is 8.81. The van der Waals surface area contributed by atoms with E-state index in [-0.39, 0.29) is 23.7 Å². The number of primary amides is 1. The maximum Gasteiger partial charge on any atom is 0.322 e. The molecule has 0 atom stereocenters. The number of hydrogen-bond acceptors (Lipinski definition) is 4. The number of urea groups is 1. The molecule has 4 rings (SSSR count). The quantitative estimate of drug-likeness (QED) is 0.749. The third kappa shape index (κ3) is 3.97. The summed E-state index contributed by atoms with van der Waals surface area (Å²) in [5.41, 5.74) is 6.89. The minimum atomic E-state index is -0.551. The number of carbonyl (C=O) groups excluding carboxylic acids is 2. The Kier molecular flexibility index (Phi) is 5.62. The number of amides is 3. The molecule has 2 aliphatic rings. The van der Waals surface area contributed by atoms with Crippen LogP contribution in [0.2, 0.25) is 0 Å². The first-order valence-corrected chi connectivity index (χ1v) is 10.7. The maximum absolute atomic E-state index is 13.0. The molecule has 3 N–H and O–H groups in total. The molecule has 0 aromatic heterocycles. The number of nitrogens with one attached hydrogen (secondary N) is 1. The summed E-state index contributed by atoms with van der Waals surface area (Å²) in [4.78, 5) is 28.1. The first kappa shape index (κ1) is 21.2. The van der Waals surface area contributed by atoms with Gasteiger partial charge in [-0.15, -0.1) is 0 Å². The average molecular weight is 423 g/mol. The van der Waals surface area contributed by atoms with Crippen molar-refractivity contribution in [1.29, 1.82) is 0 Å². The van der Waals surface area contributed by atoms with Gasteiger partial charge in [0.15, 0.2) is 6.61 Å². The van der Waals surface area contributed by atoms with Gasteiger partial charge in [0, 0.05) is 5.54 Å². The zero-order chi connectivity index (χ0) is 22.1. The van der Waals surface area contributed by atoms with Gasteiger partial charge < -0.3 is 15.8 Å². The smallest absolute Gasteiger partial charge is 0.322 e. The van der Waals surface area contributed by atoms with E-state index in [0.717, 1.165) is 25.7 Å². The largest absolute Gasteiger partial charge is 0.482 e. The van der Waals surface area contributed by atoms with Crippen LogP contribution in [-0.4, -0.2) is 49.6 Å². The Morgan fingerprint density at radius 1 is 1.06 bits per heavy atom. The molecule has 0 bridgehead atoms. The van der Waals surface area contributed by atoms with Gasteiger partial charge in [-0.25, -0.2) is 4.79 Å². The fourth-order valence-electron chi connectivity index (χ4n) is 5.02. The van der Waals surface area contributed by atoms with Crippen molar-refractivity contribution in [3.05, 3.63) is 60.2 Å². The van der Waals surface area contributed by atoms with E-state index in [1.54, 1.807) is 11.0 Å². The Labute approximate surface area is 183 Å². The minimum Gasteiger partial charge on any atom is -0.482 e. The van der Waals surface area contributed by atoms with Gasteiger partial charge in [-0.1, -0.05) is 42.5 Å². The number of carbonyl (C=O) groups is 2. The van der Waals surface area contributed by atoms with Crippen LogP contribution in [-0.2, 0) is 10.3 Å². The maximum atomic E-state index is 13.0. The molecule has 1 saturated heterocycles. The molecule has 2 aromatic rings. The van der Waals surface area contributed by atoms with E-state index in [1.165, 1.54) is 5.56 Å². The number of ether oxygens (including phenoxy) is 1. The van der Waals surface area contributed by atoms with E-state index in [2.05, 4.69) is 48.6 Å². The lowest BCUT2D eigenvalue weighted by Gasteiger charge is -2.48. The summed E-state index contributed by atoms with van der Waals surface area (Å²) in [6.07, 6.45) is 3.68. The first-order valence-electron chi connectivity index (χ1n) is 10.7. The molecule has 2 aromatic carbocycles. The first-order chi connectivity index (χ1) is 14.9. The highest BCUT2D eigenvalue weighted by Gasteiger charge is 2.50.